The maximum absolute atomic E-state index is 13.2. The number of rotatable bonds is 4. The summed E-state index contributed by atoms with van der Waals surface area (Å²) in [6, 6.07) is 19.1. The molecule has 0 aliphatic carbocycles. The largest absolute Gasteiger partial charge is 0.494 e. The van der Waals surface area contributed by atoms with Crippen LogP contribution >= 0.6 is 0 Å². The molecule has 30 heavy (non-hydrogen) atoms. The third kappa shape index (κ3) is 3.00. The van der Waals surface area contributed by atoms with E-state index in [1.807, 2.05) is 19.1 Å². The van der Waals surface area contributed by atoms with Crippen LogP contribution in [0.5, 0.6) is 5.75 Å². The normalized spacial score (nSPS) is 17.8. The van der Waals surface area contributed by atoms with Crippen LogP contribution in [-0.2, 0) is 15.6 Å². The number of ether oxygens (including phenoxy) is 1. The second-order valence-corrected chi connectivity index (χ2v) is 9.73. The topological polar surface area (TPSA) is 63.6 Å². The van der Waals surface area contributed by atoms with Gasteiger partial charge in [0, 0.05) is 25.0 Å². The van der Waals surface area contributed by atoms with Crippen molar-refractivity contribution in [1.82, 2.24) is 8.87 Å². The summed E-state index contributed by atoms with van der Waals surface area (Å²) in [7, 11) is -3.53. The number of fused-ring (bicyclic) bond motifs is 4. The van der Waals surface area contributed by atoms with Crippen LogP contribution < -0.4 is 10.1 Å². The monoisotopic (exact) mass is 423 g/mol. The van der Waals surface area contributed by atoms with Gasteiger partial charge in [-0.05, 0) is 68.3 Å². The molecule has 0 atom stereocenters. The molecule has 2 aromatic carbocycles. The third-order valence-corrected chi connectivity index (χ3v) is 8.04. The van der Waals surface area contributed by atoms with Crippen LogP contribution in [0.2, 0.25) is 0 Å². The van der Waals surface area contributed by atoms with Gasteiger partial charge in [-0.2, -0.15) is 4.31 Å². The average molecular weight is 424 g/mol. The van der Waals surface area contributed by atoms with E-state index in [0.29, 0.717) is 43.2 Å². The van der Waals surface area contributed by atoms with E-state index < -0.39 is 10.0 Å². The van der Waals surface area contributed by atoms with Gasteiger partial charge in [0.25, 0.3) is 0 Å². The van der Waals surface area contributed by atoms with Gasteiger partial charge in [0.1, 0.15) is 5.75 Å². The number of para-hydroxylation sites is 2. The van der Waals surface area contributed by atoms with Gasteiger partial charge in [-0.15, -0.1) is 0 Å². The van der Waals surface area contributed by atoms with Crippen molar-refractivity contribution in [3.05, 3.63) is 72.6 Å². The van der Waals surface area contributed by atoms with Gasteiger partial charge < -0.3 is 14.6 Å². The number of anilines is 1. The lowest BCUT2D eigenvalue weighted by Gasteiger charge is -2.45. The zero-order valence-corrected chi connectivity index (χ0v) is 17.7. The summed E-state index contributed by atoms with van der Waals surface area (Å²) >= 11 is 0. The molecule has 0 bridgehead atoms. The highest BCUT2D eigenvalue weighted by Crippen LogP contribution is 2.44. The van der Waals surface area contributed by atoms with Gasteiger partial charge in [0.05, 0.1) is 28.4 Å². The number of benzene rings is 2. The molecule has 6 nitrogen and oxygen atoms in total. The van der Waals surface area contributed by atoms with E-state index in [0.717, 1.165) is 11.4 Å². The molecule has 2 aliphatic heterocycles. The van der Waals surface area contributed by atoms with Gasteiger partial charge >= 0.3 is 0 Å². The molecule has 3 aromatic rings. The summed E-state index contributed by atoms with van der Waals surface area (Å²) in [5, 5.41) is 3.73. The molecule has 0 radical (unpaired) electrons. The van der Waals surface area contributed by atoms with Crippen LogP contribution in [0.1, 0.15) is 25.5 Å². The predicted octanol–water partition coefficient (Wildman–Crippen LogP) is 3.98. The Labute approximate surface area is 177 Å². The Balaban J connectivity index is 1.39. The first-order valence-corrected chi connectivity index (χ1v) is 11.8. The van der Waals surface area contributed by atoms with Crippen molar-refractivity contribution >= 4 is 15.7 Å². The average Bonchev–Trinajstić information content (AvgIpc) is 3.26. The van der Waals surface area contributed by atoms with Crippen molar-refractivity contribution in [2.45, 2.75) is 30.2 Å². The molecule has 1 saturated heterocycles. The molecule has 1 N–H and O–H groups in total. The first-order valence-electron chi connectivity index (χ1n) is 10.3. The first-order chi connectivity index (χ1) is 14.5. The van der Waals surface area contributed by atoms with E-state index in [2.05, 4.69) is 40.3 Å². The lowest BCUT2D eigenvalue weighted by Crippen LogP contribution is -2.50. The summed E-state index contributed by atoms with van der Waals surface area (Å²) in [5.41, 5.74) is 3.15. The second kappa shape index (κ2) is 7.18. The standard InChI is InChI=1S/C23H25N3O3S/c1-2-29-18-9-11-19(12-10-18)30(27,28)25-16-13-23(14-17-25)22-8-5-15-26(22)21-7-4-3-6-20(21)24-23/h3-12,15,24H,2,13-14,16-17H2,1H3. The van der Waals surface area contributed by atoms with Crippen LogP contribution in [-0.4, -0.2) is 37.0 Å². The summed E-state index contributed by atoms with van der Waals surface area (Å²) in [6.45, 7) is 3.40. The number of aromatic nitrogens is 1. The Morgan fingerprint density at radius 2 is 1.73 bits per heavy atom. The van der Waals surface area contributed by atoms with Crippen molar-refractivity contribution < 1.29 is 13.2 Å². The maximum atomic E-state index is 13.2. The number of piperidine rings is 1. The van der Waals surface area contributed by atoms with E-state index in [4.69, 9.17) is 4.74 Å². The van der Waals surface area contributed by atoms with Gasteiger partial charge in [-0.1, -0.05) is 12.1 Å². The van der Waals surface area contributed by atoms with Gasteiger partial charge in [0.15, 0.2) is 0 Å². The van der Waals surface area contributed by atoms with Gasteiger partial charge in [-0.3, -0.25) is 0 Å². The molecule has 1 spiro atoms. The van der Waals surface area contributed by atoms with Gasteiger partial charge in [-0.25, -0.2) is 8.42 Å². The number of hydrogen-bond acceptors (Lipinski definition) is 4. The van der Waals surface area contributed by atoms with Crippen LogP contribution in [0, 0.1) is 0 Å². The highest BCUT2D eigenvalue weighted by Gasteiger charge is 2.43. The molecular weight excluding hydrogens is 398 g/mol. The Kier molecular flexibility index (Phi) is 4.60. The molecule has 5 rings (SSSR count). The SMILES string of the molecule is CCOc1ccc(S(=O)(=O)N2CCC3(CC2)Nc2ccccc2-n2cccc23)cc1. The van der Waals surface area contributed by atoms with E-state index in [1.54, 1.807) is 28.6 Å². The van der Waals surface area contributed by atoms with E-state index in [-0.39, 0.29) is 5.54 Å². The van der Waals surface area contributed by atoms with Gasteiger partial charge in [0.2, 0.25) is 10.0 Å². The van der Waals surface area contributed by atoms with Crippen molar-refractivity contribution in [3.8, 4) is 11.4 Å². The fraction of sp³-hybridized carbons (Fsp3) is 0.304. The second-order valence-electron chi connectivity index (χ2n) is 7.80. The Hall–Kier alpha value is -2.77. The third-order valence-electron chi connectivity index (χ3n) is 6.13. The van der Waals surface area contributed by atoms with Crippen molar-refractivity contribution in [2.75, 3.05) is 25.0 Å². The molecule has 1 aromatic heterocycles. The summed E-state index contributed by atoms with van der Waals surface area (Å²) in [4.78, 5) is 0.312. The fourth-order valence-electron chi connectivity index (χ4n) is 4.61. The number of sulfonamides is 1. The van der Waals surface area contributed by atoms with Crippen LogP contribution in [0.4, 0.5) is 5.69 Å². The molecule has 0 unspecified atom stereocenters. The minimum absolute atomic E-state index is 0.261. The lowest BCUT2D eigenvalue weighted by molar-refractivity contribution is 0.247. The number of nitrogens with one attached hydrogen (secondary N) is 1. The zero-order valence-electron chi connectivity index (χ0n) is 16.9. The van der Waals surface area contributed by atoms with Crippen LogP contribution in [0.3, 0.4) is 0 Å². The minimum atomic E-state index is -3.53. The Morgan fingerprint density at radius 1 is 1.00 bits per heavy atom. The van der Waals surface area contributed by atoms with Crippen molar-refractivity contribution in [1.29, 1.82) is 0 Å². The van der Waals surface area contributed by atoms with E-state index in [9.17, 15) is 8.42 Å². The highest BCUT2D eigenvalue weighted by atomic mass is 32.2. The Morgan fingerprint density at radius 3 is 2.47 bits per heavy atom. The molecular formula is C23H25N3O3S. The zero-order chi connectivity index (χ0) is 20.8. The fourth-order valence-corrected chi connectivity index (χ4v) is 6.05. The quantitative estimate of drug-likeness (QED) is 0.689. The highest BCUT2D eigenvalue weighted by molar-refractivity contribution is 7.89. The summed E-state index contributed by atoms with van der Waals surface area (Å²) in [6.07, 6.45) is 3.50. The smallest absolute Gasteiger partial charge is 0.243 e. The van der Waals surface area contributed by atoms with E-state index >= 15 is 0 Å². The summed E-state index contributed by atoms with van der Waals surface area (Å²) < 4.78 is 35.6. The Bertz CT molecular complexity index is 1160. The molecule has 7 heteroatoms. The summed E-state index contributed by atoms with van der Waals surface area (Å²) in [5.74, 6) is 0.680. The molecule has 3 heterocycles. The van der Waals surface area contributed by atoms with Crippen LogP contribution in [0.25, 0.3) is 5.69 Å². The molecule has 156 valence electrons. The number of nitrogens with zero attached hydrogens (tertiary/aromatic N) is 2. The molecule has 0 saturated carbocycles. The molecule has 2 aliphatic rings. The molecule has 1 fully saturated rings. The van der Waals surface area contributed by atoms with Crippen molar-refractivity contribution in [3.63, 3.8) is 0 Å². The van der Waals surface area contributed by atoms with Crippen LogP contribution in [0.15, 0.2) is 71.8 Å². The lowest BCUT2D eigenvalue weighted by atomic mass is 9.83. The first kappa shape index (κ1) is 19.2. The minimum Gasteiger partial charge on any atom is -0.494 e. The van der Waals surface area contributed by atoms with Crippen molar-refractivity contribution in [2.24, 2.45) is 0 Å². The predicted molar refractivity (Wildman–Crippen MR) is 117 cm³/mol. The van der Waals surface area contributed by atoms with E-state index in [1.165, 1.54) is 5.69 Å². The maximum Gasteiger partial charge on any atom is 0.243 e. The molecule has 0 amide bonds. The number of hydrogen-bond donors (Lipinski definition) is 1.